The molecule has 1 amide bonds. The van der Waals surface area contributed by atoms with Crippen LogP contribution in [0.15, 0.2) is 40.3 Å². The van der Waals surface area contributed by atoms with E-state index in [-0.39, 0.29) is 22.0 Å². The van der Waals surface area contributed by atoms with Crippen LogP contribution in [0.3, 0.4) is 0 Å². The second-order valence-electron chi connectivity index (χ2n) is 4.16. The first-order valence-electron chi connectivity index (χ1n) is 5.88. The molecule has 110 valence electrons. The van der Waals surface area contributed by atoms with Crippen LogP contribution >= 0.6 is 11.6 Å². The Morgan fingerprint density at radius 3 is 2.73 bits per heavy atom. The van der Waals surface area contributed by atoms with Crippen LogP contribution in [-0.4, -0.2) is 10.8 Å². The van der Waals surface area contributed by atoms with Gasteiger partial charge in [0.1, 0.15) is 28.2 Å². The van der Waals surface area contributed by atoms with Crippen LogP contribution in [0.2, 0.25) is 5.02 Å². The van der Waals surface area contributed by atoms with Gasteiger partial charge in [-0.2, -0.15) is 5.26 Å². The number of nitrogens with two attached hydrogens (primary N) is 1. The summed E-state index contributed by atoms with van der Waals surface area (Å²) in [6.45, 7) is 0. The number of halogens is 1. The lowest BCUT2D eigenvalue weighted by Crippen LogP contribution is -2.12. The van der Waals surface area contributed by atoms with Gasteiger partial charge in [-0.05, 0) is 24.3 Å². The maximum absolute atomic E-state index is 11.0. The third-order valence-electron chi connectivity index (χ3n) is 2.73. The van der Waals surface area contributed by atoms with Gasteiger partial charge in [0.2, 0.25) is 0 Å². The van der Waals surface area contributed by atoms with Crippen molar-refractivity contribution in [2.24, 2.45) is 5.73 Å². The lowest BCUT2D eigenvalue weighted by Gasteiger charge is -1.99. The molecule has 0 bridgehead atoms. The Bertz CT molecular complexity index is 833. The zero-order valence-electron chi connectivity index (χ0n) is 10.9. The Morgan fingerprint density at radius 1 is 1.41 bits per heavy atom. The fraction of sp³-hybridized carbons (Fsp3) is 0. The molecule has 0 unspecified atom stereocenters. The largest absolute Gasteiger partial charge is 0.457 e. The lowest BCUT2D eigenvalue weighted by atomic mass is 10.1. The number of nitriles is 1. The van der Waals surface area contributed by atoms with E-state index >= 15 is 0 Å². The molecule has 0 spiro atoms. The van der Waals surface area contributed by atoms with E-state index in [4.69, 9.17) is 27.0 Å². The monoisotopic (exact) mass is 317 g/mol. The molecule has 0 fully saturated rings. The number of carbonyl (C=O) groups is 1. The number of hydrogen-bond acceptors (Lipinski definition) is 5. The van der Waals surface area contributed by atoms with Crippen molar-refractivity contribution < 1.29 is 14.1 Å². The van der Waals surface area contributed by atoms with Gasteiger partial charge in [-0.3, -0.25) is 14.9 Å². The van der Waals surface area contributed by atoms with Gasteiger partial charge in [-0.1, -0.05) is 11.6 Å². The van der Waals surface area contributed by atoms with Gasteiger partial charge in [-0.15, -0.1) is 0 Å². The Hall–Kier alpha value is -3.11. The summed E-state index contributed by atoms with van der Waals surface area (Å²) in [5.41, 5.74) is 4.95. The zero-order valence-corrected chi connectivity index (χ0v) is 11.7. The highest BCUT2D eigenvalue weighted by Gasteiger charge is 2.15. The topological polar surface area (TPSA) is 123 Å². The fourth-order valence-electron chi connectivity index (χ4n) is 1.69. The molecular formula is C14H8ClN3O4. The summed E-state index contributed by atoms with van der Waals surface area (Å²) in [5, 5.41) is 19.6. The molecule has 0 atom stereocenters. The molecule has 0 aliphatic heterocycles. The van der Waals surface area contributed by atoms with Crippen LogP contribution in [-0.2, 0) is 4.79 Å². The molecule has 0 saturated heterocycles. The number of hydrogen-bond donors (Lipinski definition) is 1. The summed E-state index contributed by atoms with van der Waals surface area (Å²) in [6, 6.07) is 8.93. The van der Waals surface area contributed by atoms with E-state index in [0.29, 0.717) is 11.3 Å². The van der Waals surface area contributed by atoms with Gasteiger partial charge in [0.05, 0.1) is 4.92 Å². The van der Waals surface area contributed by atoms with Crippen molar-refractivity contribution >= 4 is 29.3 Å². The quantitative estimate of drug-likeness (QED) is 0.402. The minimum absolute atomic E-state index is 0.0147. The van der Waals surface area contributed by atoms with Crippen LogP contribution in [0.1, 0.15) is 5.76 Å². The van der Waals surface area contributed by atoms with E-state index in [1.54, 1.807) is 18.2 Å². The molecule has 0 aliphatic carbocycles. The Kier molecular flexibility index (Phi) is 4.25. The molecule has 2 aromatic rings. The third kappa shape index (κ3) is 3.13. The van der Waals surface area contributed by atoms with E-state index in [1.807, 2.05) is 0 Å². The molecule has 7 nitrogen and oxygen atoms in total. The van der Waals surface area contributed by atoms with Crippen molar-refractivity contribution in [2.45, 2.75) is 0 Å². The summed E-state index contributed by atoms with van der Waals surface area (Å²) >= 11 is 5.74. The van der Waals surface area contributed by atoms with Gasteiger partial charge >= 0.3 is 0 Å². The maximum Gasteiger partial charge on any atom is 0.288 e. The molecule has 8 heteroatoms. The number of furan rings is 1. The Labute approximate surface area is 129 Å². The number of carbonyl (C=O) groups excluding carboxylic acids is 1. The van der Waals surface area contributed by atoms with Crippen LogP contribution in [0.25, 0.3) is 17.4 Å². The summed E-state index contributed by atoms with van der Waals surface area (Å²) in [6.07, 6.45) is 1.19. The minimum Gasteiger partial charge on any atom is -0.457 e. The van der Waals surface area contributed by atoms with Crippen LogP contribution in [0.4, 0.5) is 5.69 Å². The molecule has 1 aromatic heterocycles. The van der Waals surface area contributed by atoms with E-state index < -0.39 is 10.8 Å². The van der Waals surface area contributed by atoms with Crippen molar-refractivity contribution in [1.29, 1.82) is 5.26 Å². The Balaban J connectivity index is 2.41. The predicted molar refractivity (Wildman–Crippen MR) is 78.6 cm³/mol. The van der Waals surface area contributed by atoms with Crippen LogP contribution < -0.4 is 5.73 Å². The number of primary amides is 1. The van der Waals surface area contributed by atoms with Crippen molar-refractivity contribution in [3.05, 3.63) is 56.8 Å². The normalized spacial score (nSPS) is 11.0. The highest BCUT2D eigenvalue weighted by atomic mass is 35.5. The maximum atomic E-state index is 11.0. The SMILES string of the molecule is N#C/C(=C/c1ccc(-c2ccc(Cl)c([N+](=O)[O-])c2)o1)C(N)=O. The molecule has 0 aliphatic rings. The Morgan fingerprint density at radius 2 is 2.14 bits per heavy atom. The highest BCUT2D eigenvalue weighted by molar-refractivity contribution is 6.32. The second kappa shape index (κ2) is 6.11. The molecule has 2 rings (SSSR count). The van der Waals surface area contributed by atoms with Crippen molar-refractivity contribution in [3.63, 3.8) is 0 Å². The number of nitro benzene ring substituents is 1. The van der Waals surface area contributed by atoms with Gasteiger partial charge < -0.3 is 10.2 Å². The fourth-order valence-corrected chi connectivity index (χ4v) is 1.88. The second-order valence-corrected chi connectivity index (χ2v) is 4.57. The first kappa shape index (κ1) is 15.3. The molecule has 0 radical (unpaired) electrons. The molecule has 2 N–H and O–H groups in total. The molecule has 1 aromatic carbocycles. The number of nitrogens with zero attached hydrogens (tertiary/aromatic N) is 2. The number of nitro groups is 1. The predicted octanol–water partition coefficient (Wildman–Crippen LogP) is 2.90. The van der Waals surface area contributed by atoms with Gasteiger partial charge in [0, 0.05) is 17.7 Å². The molecule has 22 heavy (non-hydrogen) atoms. The lowest BCUT2D eigenvalue weighted by molar-refractivity contribution is -0.384. The van der Waals surface area contributed by atoms with Crippen LogP contribution in [0.5, 0.6) is 0 Å². The van der Waals surface area contributed by atoms with Crippen LogP contribution in [0, 0.1) is 21.4 Å². The zero-order chi connectivity index (χ0) is 16.3. The van der Waals surface area contributed by atoms with E-state index in [9.17, 15) is 14.9 Å². The summed E-state index contributed by atoms with van der Waals surface area (Å²) in [5.74, 6) is -0.321. The van der Waals surface area contributed by atoms with Crippen molar-refractivity contribution in [2.75, 3.05) is 0 Å². The molecule has 1 heterocycles. The smallest absolute Gasteiger partial charge is 0.288 e. The first-order chi connectivity index (χ1) is 10.4. The standard InChI is InChI=1S/C14H8ClN3O4/c15-11-3-1-8(6-12(11)18(20)21)13-4-2-10(22-13)5-9(7-16)14(17)19/h1-6H,(H2,17,19)/b9-5-. The summed E-state index contributed by atoms with van der Waals surface area (Å²) < 4.78 is 5.43. The summed E-state index contributed by atoms with van der Waals surface area (Å²) in [7, 11) is 0. The third-order valence-corrected chi connectivity index (χ3v) is 3.05. The van der Waals surface area contributed by atoms with Gasteiger partial charge in [-0.25, -0.2) is 0 Å². The van der Waals surface area contributed by atoms with E-state index in [0.717, 1.165) is 0 Å². The average molecular weight is 318 g/mol. The van der Waals surface area contributed by atoms with E-state index in [1.165, 1.54) is 24.3 Å². The van der Waals surface area contributed by atoms with Crippen molar-refractivity contribution in [3.8, 4) is 17.4 Å². The van der Waals surface area contributed by atoms with E-state index in [2.05, 4.69) is 0 Å². The number of rotatable bonds is 4. The highest BCUT2D eigenvalue weighted by Crippen LogP contribution is 2.31. The molecular weight excluding hydrogens is 310 g/mol. The number of amides is 1. The summed E-state index contributed by atoms with van der Waals surface area (Å²) in [4.78, 5) is 21.2. The van der Waals surface area contributed by atoms with Gasteiger partial charge in [0.15, 0.2) is 0 Å². The van der Waals surface area contributed by atoms with Crippen molar-refractivity contribution in [1.82, 2.24) is 0 Å². The van der Waals surface area contributed by atoms with Gasteiger partial charge in [0.25, 0.3) is 11.6 Å². The molecule has 0 saturated carbocycles. The average Bonchev–Trinajstić information content (AvgIpc) is 2.93. The number of benzene rings is 1. The minimum atomic E-state index is -0.873. The first-order valence-corrected chi connectivity index (χ1v) is 6.26.